The smallest absolute Gasteiger partial charge is 0.326 e. The normalized spacial score (nSPS) is 16.7. The molecule has 1 aliphatic heterocycles. The average molecular weight is 234 g/mol. The fourth-order valence-electron chi connectivity index (χ4n) is 1.95. The second kappa shape index (κ2) is 4.86. The lowest BCUT2D eigenvalue weighted by Crippen LogP contribution is -2.44. The summed E-state index contributed by atoms with van der Waals surface area (Å²) in [6, 6.07) is 8.24. The van der Waals surface area contributed by atoms with E-state index in [2.05, 4.69) is 5.32 Å². The second-order valence-electron chi connectivity index (χ2n) is 3.97. The van der Waals surface area contributed by atoms with Gasteiger partial charge in [-0.05, 0) is 5.56 Å². The van der Waals surface area contributed by atoms with Crippen molar-refractivity contribution in [3.05, 3.63) is 35.9 Å². The van der Waals surface area contributed by atoms with E-state index in [4.69, 9.17) is 0 Å². The minimum Gasteiger partial charge on any atom is -0.480 e. The molecule has 0 spiro atoms. The number of amides is 2. The molecule has 5 heteroatoms. The minimum absolute atomic E-state index is 0.298. The van der Waals surface area contributed by atoms with Gasteiger partial charge in [0.15, 0.2) is 0 Å². The topological polar surface area (TPSA) is 69.6 Å². The summed E-state index contributed by atoms with van der Waals surface area (Å²) in [6.45, 7) is 0.958. The highest BCUT2D eigenvalue weighted by Crippen LogP contribution is 2.11. The first kappa shape index (κ1) is 11.4. The summed E-state index contributed by atoms with van der Waals surface area (Å²) in [5.74, 6) is -0.967. The molecule has 90 valence electrons. The summed E-state index contributed by atoms with van der Waals surface area (Å²) in [4.78, 5) is 24.0. The third kappa shape index (κ3) is 2.55. The number of urea groups is 1. The van der Waals surface area contributed by atoms with Crippen LogP contribution in [0.5, 0.6) is 0 Å². The van der Waals surface area contributed by atoms with Crippen LogP contribution >= 0.6 is 0 Å². The van der Waals surface area contributed by atoms with Crippen LogP contribution in [0, 0.1) is 0 Å². The van der Waals surface area contributed by atoms with Crippen molar-refractivity contribution in [2.75, 3.05) is 13.1 Å². The van der Waals surface area contributed by atoms with Crippen molar-refractivity contribution in [3.8, 4) is 0 Å². The van der Waals surface area contributed by atoms with Gasteiger partial charge in [0.2, 0.25) is 0 Å². The third-order valence-electron chi connectivity index (χ3n) is 2.82. The Morgan fingerprint density at radius 3 is 2.65 bits per heavy atom. The lowest BCUT2D eigenvalue weighted by atomic mass is 10.1. The SMILES string of the molecule is O=C(O)[C@H](Cc1ccccc1)N1CCNC1=O. The van der Waals surface area contributed by atoms with Gasteiger partial charge in [-0.2, -0.15) is 0 Å². The molecule has 0 aromatic heterocycles. The maximum atomic E-state index is 11.5. The van der Waals surface area contributed by atoms with Crippen LogP contribution in [0.4, 0.5) is 4.79 Å². The van der Waals surface area contributed by atoms with Crippen molar-refractivity contribution in [2.24, 2.45) is 0 Å². The number of benzene rings is 1. The van der Waals surface area contributed by atoms with E-state index in [1.54, 1.807) is 0 Å². The minimum atomic E-state index is -0.967. The quantitative estimate of drug-likeness (QED) is 0.806. The molecule has 1 aromatic carbocycles. The lowest BCUT2D eigenvalue weighted by molar-refractivity contribution is -0.141. The molecule has 2 N–H and O–H groups in total. The molecule has 0 bridgehead atoms. The van der Waals surface area contributed by atoms with Crippen LogP contribution in [0.2, 0.25) is 0 Å². The Hall–Kier alpha value is -2.04. The zero-order chi connectivity index (χ0) is 12.3. The maximum Gasteiger partial charge on any atom is 0.326 e. The highest BCUT2D eigenvalue weighted by Gasteiger charge is 2.32. The van der Waals surface area contributed by atoms with E-state index < -0.39 is 12.0 Å². The fourth-order valence-corrected chi connectivity index (χ4v) is 1.95. The number of carbonyl (C=O) groups is 2. The first-order chi connectivity index (χ1) is 8.18. The van der Waals surface area contributed by atoms with Gasteiger partial charge in [0, 0.05) is 19.5 Å². The first-order valence-corrected chi connectivity index (χ1v) is 5.49. The van der Waals surface area contributed by atoms with Gasteiger partial charge in [0.1, 0.15) is 6.04 Å². The summed E-state index contributed by atoms with van der Waals surface area (Å²) >= 11 is 0. The highest BCUT2D eigenvalue weighted by atomic mass is 16.4. The van der Waals surface area contributed by atoms with Crippen molar-refractivity contribution in [2.45, 2.75) is 12.5 Å². The van der Waals surface area contributed by atoms with E-state index in [1.165, 1.54) is 4.90 Å². The molecule has 0 aliphatic carbocycles. The number of carboxylic acids is 1. The molecule has 1 aromatic rings. The van der Waals surface area contributed by atoms with Crippen LogP contribution in [-0.2, 0) is 11.2 Å². The molecule has 0 unspecified atom stereocenters. The van der Waals surface area contributed by atoms with E-state index in [0.29, 0.717) is 19.5 Å². The second-order valence-corrected chi connectivity index (χ2v) is 3.97. The Morgan fingerprint density at radius 1 is 1.41 bits per heavy atom. The summed E-state index contributed by atoms with van der Waals surface area (Å²) < 4.78 is 0. The van der Waals surface area contributed by atoms with E-state index in [0.717, 1.165) is 5.56 Å². The highest BCUT2D eigenvalue weighted by molar-refractivity contribution is 5.84. The van der Waals surface area contributed by atoms with E-state index in [1.807, 2.05) is 30.3 Å². The van der Waals surface area contributed by atoms with Gasteiger partial charge in [-0.25, -0.2) is 9.59 Å². The molecule has 1 heterocycles. The van der Waals surface area contributed by atoms with Gasteiger partial charge in [0.05, 0.1) is 0 Å². The van der Waals surface area contributed by atoms with E-state index >= 15 is 0 Å². The Bertz CT molecular complexity index is 419. The van der Waals surface area contributed by atoms with Crippen molar-refractivity contribution in [1.82, 2.24) is 10.2 Å². The van der Waals surface area contributed by atoms with Gasteiger partial charge in [-0.1, -0.05) is 30.3 Å². The molecule has 17 heavy (non-hydrogen) atoms. The van der Waals surface area contributed by atoms with Gasteiger partial charge in [0.25, 0.3) is 0 Å². The Kier molecular flexibility index (Phi) is 3.27. The van der Waals surface area contributed by atoms with Crippen LogP contribution in [0.25, 0.3) is 0 Å². The van der Waals surface area contributed by atoms with E-state index in [9.17, 15) is 14.7 Å². The average Bonchev–Trinajstić information content (AvgIpc) is 2.73. The van der Waals surface area contributed by atoms with Crippen LogP contribution in [0.1, 0.15) is 5.56 Å². The summed E-state index contributed by atoms with van der Waals surface area (Å²) in [5.41, 5.74) is 0.916. The Labute approximate surface area is 99.0 Å². The molecular formula is C12H14N2O3. The Balaban J connectivity index is 2.13. The number of aliphatic carboxylic acids is 1. The summed E-state index contributed by atoms with van der Waals surface area (Å²) in [5, 5.41) is 11.8. The molecule has 1 aliphatic rings. The number of nitrogens with zero attached hydrogens (tertiary/aromatic N) is 1. The van der Waals surface area contributed by atoms with Gasteiger partial charge in [-0.3, -0.25) is 0 Å². The number of hydrogen-bond acceptors (Lipinski definition) is 2. The maximum absolute atomic E-state index is 11.5. The predicted octanol–water partition coefficient (Wildman–Crippen LogP) is 0.708. The monoisotopic (exact) mass is 234 g/mol. The van der Waals surface area contributed by atoms with Gasteiger partial charge < -0.3 is 15.3 Å². The lowest BCUT2D eigenvalue weighted by Gasteiger charge is -2.22. The molecular weight excluding hydrogens is 220 g/mol. The standard InChI is InChI=1S/C12H14N2O3/c15-11(16)10(14-7-6-13-12(14)17)8-9-4-2-1-3-5-9/h1-5,10H,6-8H2,(H,13,17)(H,15,16)/t10-/m0/s1. The molecule has 2 rings (SSSR count). The van der Waals surface area contributed by atoms with Crippen LogP contribution in [-0.4, -0.2) is 41.1 Å². The zero-order valence-electron chi connectivity index (χ0n) is 9.30. The molecule has 5 nitrogen and oxygen atoms in total. The molecule has 0 radical (unpaired) electrons. The largest absolute Gasteiger partial charge is 0.480 e. The first-order valence-electron chi connectivity index (χ1n) is 5.49. The number of carboxylic acid groups (broad SMARTS) is 1. The van der Waals surface area contributed by atoms with Gasteiger partial charge >= 0.3 is 12.0 Å². The predicted molar refractivity (Wildman–Crippen MR) is 61.7 cm³/mol. The number of hydrogen-bond donors (Lipinski definition) is 2. The zero-order valence-corrected chi connectivity index (χ0v) is 9.30. The molecule has 1 fully saturated rings. The fraction of sp³-hybridized carbons (Fsp3) is 0.333. The number of carbonyl (C=O) groups excluding carboxylic acids is 1. The van der Waals surface area contributed by atoms with Crippen molar-refractivity contribution < 1.29 is 14.7 Å². The van der Waals surface area contributed by atoms with Crippen molar-refractivity contribution >= 4 is 12.0 Å². The molecule has 1 atom stereocenters. The molecule has 0 saturated carbocycles. The number of rotatable bonds is 4. The van der Waals surface area contributed by atoms with Crippen LogP contribution in [0.15, 0.2) is 30.3 Å². The van der Waals surface area contributed by atoms with Gasteiger partial charge in [-0.15, -0.1) is 0 Å². The Morgan fingerprint density at radius 2 is 2.12 bits per heavy atom. The van der Waals surface area contributed by atoms with Crippen molar-refractivity contribution in [3.63, 3.8) is 0 Å². The van der Waals surface area contributed by atoms with E-state index in [-0.39, 0.29) is 6.03 Å². The summed E-state index contributed by atoms with van der Waals surface area (Å²) in [6.07, 6.45) is 0.337. The molecule has 1 saturated heterocycles. The van der Waals surface area contributed by atoms with Crippen LogP contribution < -0.4 is 5.32 Å². The van der Waals surface area contributed by atoms with Crippen molar-refractivity contribution in [1.29, 1.82) is 0 Å². The molecule has 2 amide bonds. The third-order valence-corrected chi connectivity index (χ3v) is 2.82. The number of nitrogens with one attached hydrogen (secondary N) is 1. The summed E-state index contributed by atoms with van der Waals surface area (Å²) in [7, 11) is 0. The van der Waals surface area contributed by atoms with Crippen LogP contribution in [0.3, 0.4) is 0 Å².